The Morgan fingerprint density at radius 2 is 2.37 bits per heavy atom. The van der Waals surface area contributed by atoms with E-state index in [4.69, 9.17) is 0 Å². The van der Waals surface area contributed by atoms with Crippen molar-refractivity contribution in [2.24, 2.45) is 5.92 Å². The minimum absolute atomic E-state index is 0.0251. The summed E-state index contributed by atoms with van der Waals surface area (Å²) < 4.78 is 0. The predicted octanol–water partition coefficient (Wildman–Crippen LogP) is 2.36. The molecule has 3 rings (SSSR count). The summed E-state index contributed by atoms with van der Waals surface area (Å²) in [5.74, 6) is 1.51. The fraction of sp³-hybridized carbons (Fsp3) is 0.643. The molecule has 0 spiro atoms. The highest BCUT2D eigenvalue weighted by Gasteiger charge is 2.43. The highest BCUT2D eigenvalue weighted by Crippen LogP contribution is 2.42. The first-order valence-electron chi connectivity index (χ1n) is 6.75. The van der Waals surface area contributed by atoms with Crippen LogP contribution >= 0.6 is 23.1 Å². The van der Waals surface area contributed by atoms with Gasteiger partial charge in [-0.25, -0.2) is 0 Å². The number of hydrogen-bond donors (Lipinski definition) is 2. The minimum atomic E-state index is -0.439. The Balaban J connectivity index is 1.75. The molecule has 0 radical (unpaired) electrons. The third-order valence-electron chi connectivity index (χ3n) is 4.13. The Morgan fingerprint density at radius 3 is 3.05 bits per heavy atom. The van der Waals surface area contributed by atoms with Crippen LogP contribution in [-0.4, -0.2) is 28.9 Å². The van der Waals surface area contributed by atoms with Crippen molar-refractivity contribution in [2.45, 2.75) is 37.0 Å². The molecule has 1 fully saturated rings. The number of fused-ring (bicyclic) bond motifs is 1. The average Bonchev–Trinajstić information content (AvgIpc) is 3.16. The van der Waals surface area contributed by atoms with Crippen LogP contribution < -0.4 is 5.32 Å². The molecule has 3 nitrogen and oxygen atoms in total. The van der Waals surface area contributed by atoms with E-state index in [1.165, 1.54) is 10.4 Å². The van der Waals surface area contributed by atoms with Crippen LogP contribution in [0.5, 0.6) is 0 Å². The summed E-state index contributed by atoms with van der Waals surface area (Å²) in [5, 5.41) is 14.7. The van der Waals surface area contributed by atoms with Crippen molar-refractivity contribution in [3.05, 3.63) is 21.9 Å². The Bertz CT molecular complexity index is 484. The van der Waals surface area contributed by atoms with Crippen LogP contribution in [0.3, 0.4) is 0 Å². The zero-order chi connectivity index (χ0) is 13.5. The lowest BCUT2D eigenvalue weighted by molar-refractivity contribution is -0.123. The van der Waals surface area contributed by atoms with E-state index in [0.29, 0.717) is 5.92 Å². The van der Waals surface area contributed by atoms with Crippen molar-refractivity contribution < 1.29 is 9.90 Å². The maximum atomic E-state index is 12.5. The number of amides is 1. The van der Waals surface area contributed by atoms with Gasteiger partial charge in [0.05, 0.1) is 12.1 Å². The van der Waals surface area contributed by atoms with Gasteiger partial charge < -0.3 is 10.4 Å². The lowest BCUT2D eigenvalue weighted by Gasteiger charge is -2.31. The van der Waals surface area contributed by atoms with Crippen LogP contribution in [0.1, 0.15) is 35.5 Å². The summed E-state index contributed by atoms with van der Waals surface area (Å²) in [6.45, 7) is 1.99. The van der Waals surface area contributed by atoms with Crippen LogP contribution in [0.2, 0.25) is 0 Å². The summed E-state index contributed by atoms with van der Waals surface area (Å²) in [4.78, 5) is 13.9. The molecule has 1 aliphatic carbocycles. The topological polar surface area (TPSA) is 49.3 Å². The second-order valence-electron chi connectivity index (χ2n) is 5.64. The van der Waals surface area contributed by atoms with Gasteiger partial charge in [0.2, 0.25) is 5.91 Å². The van der Waals surface area contributed by atoms with Gasteiger partial charge in [0.25, 0.3) is 0 Å². The molecule has 1 aliphatic heterocycles. The number of nitrogens with one attached hydrogen (secondary N) is 1. The van der Waals surface area contributed by atoms with E-state index in [1.807, 2.05) is 6.92 Å². The average molecular weight is 297 g/mol. The van der Waals surface area contributed by atoms with Crippen LogP contribution in [0.15, 0.2) is 11.4 Å². The first-order valence-corrected chi connectivity index (χ1v) is 8.67. The maximum Gasteiger partial charge on any atom is 0.238 e. The van der Waals surface area contributed by atoms with Gasteiger partial charge >= 0.3 is 0 Å². The van der Waals surface area contributed by atoms with Gasteiger partial charge in [0, 0.05) is 4.88 Å². The number of carbonyl (C=O) groups is 1. The van der Waals surface area contributed by atoms with Crippen molar-refractivity contribution in [2.75, 3.05) is 12.4 Å². The van der Waals surface area contributed by atoms with Crippen LogP contribution in [-0.2, 0) is 11.2 Å². The lowest BCUT2D eigenvalue weighted by atomic mass is 9.96. The molecule has 1 saturated carbocycles. The fourth-order valence-electron chi connectivity index (χ4n) is 2.70. The quantitative estimate of drug-likeness (QED) is 0.897. The molecule has 104 valence electrons. The van der Waals surface area contributed by atoms with Gasteiger partial charge in [-0.3, -0.25) is 4.79 Å². The monoisotopic (exact) mass is 297 g/mol. The van der Waals surface area contributed by atoms with Crippen LogP contribution in [0, 0.1) is 5.92 Å². The SMILES string of the molecule is CC(CO)(NC(=O)C1SCCc2sccc21)C1CC1. The smallest absolute Gasteiger partial charge is 0.238 e. The molecule has 0 saturated heterocycles. The molecule has 5 heteroatoms. The number of aliphatic hydroxyl groups excluding tert-OH is 1. The van der Waals surface area contributed by atoms with Gasteiger partial charge in [-0.2, -0.15) is 0 Å². The third-order valence-corrected chi connectivity index (χ3v) is 6.37. The molecule has 2 N–H and O–H groups in total. The van der Waals surface area contributed by atoms with Crippen molar-refractivity contribution in [3.63, 3.8) is 0 Å². The molecule has 1 aromatic heterocycles. The Labute approximate surface area is 121 Å². The van der Waals surface area contributed by atoms with Crippen molar-refractivity contribution in [3.8, 4) is 0 Å². The standard InChI is InChI=1S/C14H19NO2S2/c1-14(8-16,9-2-3-9)15-13(17)12-10-4-6-18-11(10)5-7-19-12/h4,6,9,12,16H,2-3,5,7-8H2,1H3,(H,15,17). The van der Waals surface area contributed by atoms with Gasteiger partial charge in [-0.05, 0) is 54.9 Å². The van der Waals surface area contributed by atoms with E-state index in [1.54, 1.807) is 23.1 Å². The molecule has 1 amide bonds. The highest BCUT2D eigenvalue weighted by molar-refractivity contribution is 8.00. The normalized spacial score (nSPS) is 25.5. The number of aryl methyl sites for hydroxylation is 1. The van der Waals surface area contributed by atoms with Crippen molar-refractivity contribution in [1.29, 1.82) is 0 Å². The van der Waals surface area contributed by atoms with Crippen LogP contribution in [0.25, 0.3) is 0 Å². The molecule has 1 aromatic rings. The first-order chi connectivity index (χ1) is 9.14. The van der Waals surface area contributed by atoms with Crippen LogP contribution in [0.4, 0.5) is 0 Å². The van der Waals surface area contributed by atoms with Crippen molar-refractivity contribution in [1.82, 2.24) is 5.32 Å². The van der Waals surface area contributed by atoms with E-state index in [9.17, 15) is 9.90 Å². The molecule has 2 aliphatic rings. The molecule has 0 bridgehead atoms. The molecular formula is C14H19NO2S2. The summed E-state index contributed by atoms with van der Waals surface area (Å²) >= 11 is 3.46. The Hall–Kier alpha value is -0.520. The predicted molar refractivity (Wildman–Crippen MR) is 79.6 cm³/mol. The highest BCUT2D eigenvalue weighted by atomic mass is 32.2. The zero-order valence-electron chi connectivity index (χ0n) is 11.0. The third kappa shape index (κ3) is 2.56. The number of thiophene rings is 1. The number of rotatable bonds is 4. The summed E-state index contributed by atoms with van der Waals surface area (Å²) in [6.07, 6.45) is 3.29. The molecule has 2 heterocycles. The Morgan fingerprint density at radius 1 is 1.58 bits per heavy atom. The largest absolute Gasteiger partial charge is 0.394 e. The Kier molecular flexibility index (Phi) is 3.62. The van der Waals surface area contributed by atoms with Crippen molar-refractivity contribution >= 4 is 29.0 Å². The summed E-state index contributed by atoms with van der Waals surface area (Å²) in [7, 11) is 0. The zero-order valence-corrected chi connectivity index (χ0v) is 12.6. The van der Waals surface area contributed by atoms with E-state index >= 15 is 0 Å². The maximum absolute atomic E-state index is 12.5. The van der Waals surface area contributed by atoms with Gasteiger partial charge in [-0.15, -0.1) is 23.1 Å². The van der Waals surface area contributed by atoms with Gasteiger partial charge in [0.15, 0.2) is 0 Å². The number of aliphatic hydroxyl groups is 1. The van der Waals surface area contributed by atoms with Gasteiger partial charge in [0.1, 0.15) is 5.25 Å². The molecule has 19 heavy (non-hydrogen) atoms. The van der Waals surface area contributed by atoms with E-state index in [2.05, 4.69) is 16.8 Å². The van der Waals surface area contributed by atoms with E-state index < -0.39 is 5.54 Å². The first kappa shape index (κ1) is 13.5. The number of thioether (sulfide) groups is 1. The molecular weight excluding hydrogens is 278 g/mol. The number of hydrogen-bond acceptors (Lipinski definition) is 4. The summed E-state index contributed by atoms with van der Waals surface area (Å²) in [5.41, 5.74) is 0.737. The molecule has 0 aromatic carbocycles. The van der Waals surface area contributed by atoms with E-state index in [-0.39, 0.29) is 17.8 Å². The van der Waals surface area contributed by atoms with Gasteiger partial charge in [-0.1, -0.05) is 0 Å². The molecule has 2 unspecified atom stereocenters. The fourth-order valence-corrected chi connectivity index (χ4v) is 4.99. The second-order valence-corrected chi connectivity index (χ2v) is 7.85. The lowest BCUT2D eigenvalue weighted by Crippen LogP contribution is -2.52. The second kappa shape index (κ2) is 5.11. The summed E-state index contributed by atoms with van der Waals surface area (Å²) in [6, 6.07) is 2.07. The molecule has 2 atom stereocenters. The minimum Gasteiger partial charge on any atom is -0.394 e. The van der Waals surface area contributed by atoms with E-state index in [0.717, 1.165) is 25.0 Å². The number of carbonyl (C=O) groups excluding carboxylic acids is 1.